The van der Waals surface area contributed by atoms with E-state index in [2.05, 4.69) is 65.0 Å². The van der Waals surface area contributed by atoms with Gasteiger partial charge in [-0.25, -0.2) is 0 Å². The normalized spacial score (nSPS) is 10.9. The molecule has 5 heteroatoms. The van der Waals surface area contributed by atoms with Gasteiger partial charge in [0.15, 0.2) is 0 Å². The third-order valence-corrected chi connectivity index (χ3v) is 4.75. The quantitative estimate of drug-likeness (QED) is 0.734. The van der Waals surface area contributed by atoms with E-state index in [1.54, 1.807) is 11.3 Å². The lowest BCUT2D eigenvalue weighted by Crippen LogP contribution is -2.37. The largest absolute Gasteiger partial charge is 0.415 e. The average molecular weight is 325 g/mol. The van der Waals surface area contributed by atoms with Crippen molar-refractivity contribution in [3.05, 3.63) is 58.9 Å². The Morgan fingerprint density at radius 1 is 1.00 bits per heavy atom. The van der Waals surface area contributed by atoms with Crippen LogP contribution in [0.4, 0.5) is 0 Å². The van der Waals surface area contributed by atoms with Crippen molar-refractivity contribution >= 4 is 11.3 Å². The molecule has 4 nitrogen and oxygen atoms in total. The van der Waals surface area contributed by atoms with E-state index in [1.165, 1.54) is 11.1 Å². The summed E-state index contributed by atoms with van der Waals surface area (Å²) in [5, 5.41) is 10.6. The van der Waals surface area contributed by atoms with Crippen LogP contribution in [0, 0.1) is 13.8 Å². The van der Waals surface area contributed by atoms with Gasteiger partial charge in [0.25, 0.3) is 0 Å². The Bertz CT molecular complexity index is 773. The first-order valence-electron chi connectivity index (χ1n) is 7.80. The number of pyridine rings is 1. The summed E-state index contributed by atoms with van der Waals surface area (Å²) in [6.07, 6.45) is 1.85. The molecule has 2 aromatic heterocycles. The monoisotopic (exact) mass is 325 g/mol. The number of hydrogen-bond acceptors (Lipinski definition) is 4. The van der Waals surface area contributed by atoms with Gasteiger partial charge in [0.05, 0.1) is 5.10 Å². The zero-order chi connectivity index (χ0) is 16.2. The van der Waals surface area contributed by atoms with Crippen molar-refractivity contribution in [1.29, 1.82) is 0 Å². The van der Waals surface area contributed by atoms with E-state index in [1.807, 2.05) is 6.07 Å². The molecule has 0 bridgehead atoms. The van der Waals surface area contributed by atoms with E-state index in [4.69, 9.17) is 5.73 Å². The SMILES string of the molecule is Cc1cc(-c2ccccc2)cc(C)[n+]1-c1nnc(CCCN)s1. The molecular formula is C18H21N4S+. The lowest BCUT2D eigenvalue weighted by Gasteiger charge is -2.07. The van der Waals surface area contributed by atoms with Crippen LogP contribution in [0.1, 0.15) is 22.8 Å². The predicted molar refractivity (Wildman–Crippen MR) is 93.7 cm³/mol. The summed E-state index contributed by atoms with van der Waals surface area (Å²) in [7, 11) is 0. The number of benzene rings is 1. The Balaban J connectivity index is 1.96. The van der Waals surface area contributed by atoms with Gasteiger partial charge in [0.1, 0.15) is 16.4 Å². The second-order valence-electron chi connectivity index (χ2n) is 5.60. The van der Waals surface area contributed by atoms with Crippen LogP contribution < -0.4 is 10.3 Å². The molecule has 0 spiro atoms. The van der Waals surface area contributed by atoms with Gasteiger partial charge >= 0.3 is 5.13 Å². The van der Waals surface area contributed by atoms with Gasteiger partial charge in [-0.15, -0.1) is 0 Å². The molecule has 118 valence electrons. The van der Waals surface area contributed by atoms with Gasteiger partial charge < -0.3 is 5.73 Å². The highest BCUT2D eigenvalue weighted by Crippen LogP contribution is 2.21. The molecule has 0 fully saturated rings. The number of hydrogen-bond donors (Lipinski definition) is 1. The molecule has 3 aromatic rings. The number of nitrogens with zero attached hydrogens (tertiary/aromatic N) is 3. The molecule has 0 atom stereocenters. The van der Waals surface area contributed by atoms with E-state index >= 15 is 0 Å². The molecule has 0 saturated carbocycles. The maximum absolute atomic E-state index is 5.57. The Hall–Kier alpha value is -2.11. The van der Waals surface area contributed by atoms with E-state index in [0.29, 0.717) is 6.54 Å². The van der Waals surface area contributed by atoms with Crippen LogP contribution in [0.3, 0.4) is 0 Å². The third-order valence-electron chi connectivity index (χ3n) is 3.78. The number of aromatic nitrogens is 3. The van der Waals surface area contributed by atoms with Crippen LogP contribution >= 0.6 is 11.3 Å². The topological polar surface area (TPSA) is 55.7 Å². The average Bonchev–Trinajstić information content (AvgIpc) is 3.01. The fourth-order valence-corrected chi connectivity index (χ4v) is 3.69. The van der Waals surface area contributed by atoms with E-state index in [0.717, 1.165) is 34.4 Å². The highest BCUT2D eigenvalue weighted by molar-refractivity contribution is 7.13. The summed E-state index contributed by atoms with van der Waals surface area (Å²) in [5.74, 6) is 0. The molecule has 0 aliphatic carbocycles. The number of nitrogens with two attached hydrogens (primary N) is 1. The van der Waals surface area contributed by atoms with Crippen LogP contribution in [0.25, 0.3) is 16.3 Å². The second kappa shape index (κ2) is 6.98. The molecule has 3 rings (SSSR count). The van der Waals surface area contributed by atoms with Crippen molar-refractivity contribution in [2.75, 3.05) is 6.54 Å². The standard InChI is InChI=1S/C18H21N4S/c1-13-11-16(15-7-4-3-5-8-15)12-14(2)22(13)18-21-20-17(23-18)9-6-10-19/h3-5,7-8,11-12H,6,9-10,19H2,1-2H3/q+1. The second-order valence-corrected chi connectivity index (χ2v) is 6.64. The first-order chi connectivity index (χ1) is 11.2. The van der Waals surface area contributed by atoms with Crippen molar-refractivity contribution in [2.45, 2.75) is 26.7 Å². The minimum absolute atomic E-state index is 0.686. The smallest absolute Gasteiger partial charge is 0.330 e. The highest BCUT2D eigenvalue weighted by atomic mass is 32.1. The lowest BCUT2D eigenvalue weighted by atomic mass is 10.0. The van der Waals surface area contributed by atoms with Crippen LogP contribution in [0.5, 0.6) is 0 Å². The predicted octanol–water partition coefficient (Wildman–Crippen LogP) is 2.99. The number of rotatable bonds is 5. The summed E-state index contributed by atoms with van der Waals surface area (Å²) in [4.78, 5) is 0. The van der Waals surface area contributed by atoms with Gasteiger partial charge in [0.2, 0.25) is 0 Å². The Kier molecular flexibility index (Phi) is 4.79. The summed E-state index contributed by atoms with van der Waals surface area (Å²) in [6, 6.07) is 14.8. The van der Waals surface area contributed by atoms with Gasteiger partial charge in [-0.2, -0.15) is 4.57 Å². The fraction of sp³-hybridized carbons (Fsp3) is 0.278. The van der Waals surface area contributed by atoms with Gasteiger partial charge in [-0.05, 0) is 66.5 Å². The molecule has 2 N–H and O–H groups in total. The summed E-state index contributed by atoms with van der Waals surface area (Å²) in [5.41, 5.74) is 10.3. The van der Waals surface area contributed by atoms with Crippen molar-refractivity contribution in [3.8, 4) is 16.3 Å². The molecule has 1 aromatic carbocycles. The van der Waals surface area contributed by atoms with E-state index in [9.17, 15) is 0 Å². The zero-order valence-electron chi connectivity index (χ0n) is 13.5. The van der Waals surface area contributed by atoms with Crippen molar-refractivity contribution in [3.63, 3.8) is 0 Å². The van der Waals surface area contributed by atoms with E-state index < -0.39 is 0 Å². The molecular weight excluding hydrogens is 304 g/mol. The van der Waals surface area contributed by atoms with Crippen LogP contribution in [0.15, 0.2) is 42.5 Å². The first-order valence-corrected chi connectivity index (χ1v) is 8.62. The molecule has 23 heavy (non-hydrogen) atoms. The van der Waals surface area contributed by atoms with Gasteiger partial charge in [-0.1, -0.05) is 30.3 Å². The van der Waals surface area contributed by atoms with Crippen LogP contribution in [-0.4, -0.2) is 16.7 Å². The molecule has 0 aliphatic heterocycles. The fourth-order valence-electron chi connectivity index (χ4n) is 2.69. The van der Waals surface area contributed by atoms with Gasteiger partial charge in [-0.3, -0.25) is 0 Å². The van der Waals surface area contributed by atoms with Crippen molar-refractivity contribution in [1.82, 2.24) is 10.2 Å². The van der Waals surface area contributed by atoms with Crippen molar-refractivity contribution in [2.24, 2.45) is 5.73 Å². The molecule has 0 aliphatic rings. The maximum Gasteiger partial charge on any atom is 0.415 e. The minimum atomic E-state index is 0.686. The molecule has 0 radical (unpaired) electrons. The zero-order valence-corrected chi connectivity index (χ0v) is 14.3. The summed E-state index contributed by atoms with van der Waals surface area (Å²) < 4.78 is 2.16. The molecule has 0 saturated heterocycles. The van der Waals surface area contributed by atoms with E-state index in [-0.39, 0.29) is 0 Å². The first kappa shape index (κ1) is 15.8. The third kappa shape index (κ3) is 3.46. The highest BCUT2D eigenvalue weighted by Gasteiger charge is 2.20. The summed E-state index contributed by atoms with van der Waals surface area (Å²) in [6.45, 7) is 4.91. The minimum Gasteiger partial charge on any atom is -0.330 e. The molecule has 0 amide bonds. The Morgan fingerprint density at radius 2 is 1.70 bits per heavy atom. The number of aryl methyl sites for hydroxylation is 3. The Labute approximate surface area is 140 Å². The van der Waals surface area contributed by atoms with Crippen LogP contribution in [0.2, 0.25) is 0 Å². The van der Waals surface area contributed by atoms with Crippen LogP contribution in [-0.2, 0) is 6.42 Å². The molecule has 0 unspecified atom stereocenters. The van der Waals surface area contributed by atoms with Crippen molar-refractivity contribution < 1.29 is 4.57 Å². The van der Waals surface area contributed by atoms with Gasteiger partial charge in [0, 0.05) is 6.42 Å². The lowest BCUT2D eigenvalue weighted by molar-refractivity contribution is -0.609. The molecule has 2 heterocycles. The maximum atomic E-state index is 5.57. The summed E-state index contributed by atoms with van der Waals surface area (Å²) >= 11 is 1.64. The Morgan fingerprint density at radius 3 is 2.35 bits per heavy atom.